The maximum absolute atomic E-state index is 12.6. The lowest BCUT2D eigenvalue weighted by atomic mass is 10.0. The van der Waals surface area contributed by atoms with Crippen molar-refractivity contribution in [1.82, 2.24) is 10.6 Å². The second kappa shape index (κ2) is 9.03. The van der Waals surface area contributed by atoms with Crippen molar-refractivity contribution in [3.8, 4) is 5.75 Å². The van der Waals surface area contributed by atoms with Crippen LogP contribution in [0.1, 0.15) is 45.6 Å². The van der Waals surface area contributed by atoms with Gasteiger partial charge in [0.2, 0.25) is 5.91 Å². The minimum absolute atomic E-state index is 0.144. The Labute approximate surface area is 155 Å². The first-order valence-corrected chi connectivity index (χ1v) is 9.18. The van der Waals surface area contributed by atoms with Gasteiger partial charge in [-0.15, -0.1) is 0 Å². The molecule has 1 fully saturated rings. The van der Waals surface area contributed by atoms with Gasteiger partial charge in [0.05, 0.1) is 13.2 Å². The van der Waals surface area contributed by atoms with Crippen molar-refractivity contribution in [3.05, 3.63) is 29.8 Å². The van der Waals surface area contributed by atoms with Gasteiger partial charge < -0.3 is 20.1 Å². The summed E-state index contributed by atoms with van der Waals surface area (Å²) in [4.78, 5) is 25.2. The Kier molecular flexibility index (Phi) is 7.03. The molecule has 1 aliphatic heterocycles. The van der Waals surface area contributed by atoms with Crippen LogP contribution in [0.25, 0.3) is 0 Å². The molecule has 26 heavy (non-hydrogen) atoms. The molecule has 1 aromatic rings. The van der Waals surface area contributed by atoms with Gasteiger partial charge in [0, 0.05) is 6.42 Å². The number of piperidine rings is 1. The highest BCUT2D eigenvalue weighted by atomic mass is 16.6. The smallest absolute Gasteiger partial charge is 0.329 e. The van der Waals surface area contributed by atoms with Crippen LogP contribution in [-0.2, 0) is 20.7 Å². The lowest BCUT2D eigenvalue weighted by molar-refractivity contribution is -0.158. The van der Waals surface area contributed by atoms with E-state index in [1.54, 1.807) is 7.11 Å². The van der Waals surface area contributed by atoms with E-state index in [9.17, 15) is 9.59 Å². The molecule has 1 amide bonds. The van der Waals surface area contributed by atoms with E-state index in [0.29, 0.717) is 6.42 Å². The van der Waals surface area contributed by atoms with Crippen molar-refractivity contribution in [2.45, 2.75) is 64.1 Å². The number of ether oxygens (including phenoxy) is 2. The number of nitrogens with one attached hydrogen (secondary N) is 2. The summed E-state index contributed by atoms with van der Waals surface area (Å²) in [6, 6.07) is 6.49. The van der Waals surface area contributed by atoms with E-state index in [1.165, 1.54) is 0 Å². The van der Waals surface area contributed by atoms with Gasteiger partial charge in [-0.05, 0) is 57.9 Å². The van der Waals surface area contributed by atoms with Crippen LogP contribution in [0.2, 0.25) is 0 Å². The van der Waals surface area contributed by atoms with E-state index < -0.39 is 17.6 Å². The zero-order chi connectivity index (χ0) is 19.2. The third-order valence-corrected chi connectivity index (χ3v) is 4.23. The molecule has 2 unspecified atom stereocenters. The zero-order valence-corrected chi connectivity index (χ0v) is 16.1. The first kappa shape index (κ1) is 20.2. The van der Waals surface area contributed by atoms with Crippen LogP contribution in [-0.4, -0.2) is 43.2 Å². The third-order valence-electron chi connectivity index (χ3n) is 4.23. The molecule has 2 atom stereocenters. The molecule has 2 rings (SSSR count). The first-order chi connectivity index (χ1) is 12.3. The van der Waals surface area contributed by atoms with E-state index in [-0.39, 0.29) is 11.9 Å². The number of benzene rings is 1. The lowest BCUT2D eigenvalue weighted by Gasteiger charge is -2.27. The fourth-order valence-electron chi connectivity index (χ4n) is 2.91. The molecular weight excluding hydrogens is 332 g/mol. The number of hydrogen-bond acceptors (Lipinski definition) is 5. The second-order valence-corrected chi connectivity index (χ2v) is 7.65. The van der Waals surface area contributed by atoms with Crippen molar-refractivity contribution in [2.75, 3.05) is 13.7 Å². The fraction of sp³-hybridized carbons (Fsp3) is 0.600. The van der Waals surface area contributed by atoms with E-state index in [0.717, 1.165) is 37.1 Å². The molecule has 2 N–H and O–H groups in total. The summed E-state index contributed by atoms with van der Waals surface area (Å²) >= 11 is 0. The largest absolute Gasteiger partial charge is 0.497 e. The number of rotatable bonds is 6. The summed E-state index contributed by atoms with van der Waals surface area (Å²) in [5, 5.41) is 6.09. The topological polar surface area (TPSA) is 76.7 Å². The molecule has 6 heteroatoms. The van der Waals surface area contributed by atoms with E-state index >= 15 is 0 Å². The highest BCUT2D eigenvalue weighted by Crippen LogP contribution is 2.16. The quantitative estimate of drug-likeness (QED) is 0.759. The van der Waals surface area contributed by atoms with Gasteiger partial charge >= 0.3 is 5.97 Å². The van der Waals surface area contributed by atoms with Gasteiger partial charge in [-0.2, -0.15) is 0 Å². The van der Waals surface area contributed by atoms with Gasteiger partial charge in [-0.3, -0.25) is 4.79 Å². The molecule has 1 aliphatic rings. The Morgan fingerprint density at radius 2 is 1.92 bits per heavy atom. The lowest BCUT2D eigenvalue weighted by Crippen LogP contribution is -2.53. The predicted molar refractivity (Wildman–Crippen MR) is 100 cm³/mol. The van der Waals surface area contributed by atoms with Crippen molar-refractivity contribution in [3.63, 3.8) is 0 Å². The minimum atomic E-state index is -0.723. The average molecular weight is 362 g/mol. The summed E-state index contributed by atoms with van der Waals surface area (Å²) < 4.78 is 10.7. The van der Waals surface area contributed by atoms with Gasteiger partial charge in [-0.25, -0.2) is 4.79 Å². The molecular formula is C20H30N2O4. The van der Waals surface area contributed by atoms with E-state index in [1.807, 2.05) is 45.0 Å². The molecule has 0 bridgehead atoms. The predicted octanol–water partition coefficient (Wildman–Crippen LogP) is 2.21. The fourth-order valence-corrected chi connectivity index (χ4v) is 2.91. The highest BCUT2D eigenvalue weighted by molar-refractivity contribution is 5.88. The second-order valence-electron chi connectivity index (χ2n) is 7.65. The molecule has 0 aromatic heterocycles. The summed E-state index contributed by atoms with van der Waals surface area (Å²) in [6.45, 7) is 6.28. The van der Waals surface area contributed by atoms with Crippen LogP contribution in [0, 0.1) is 0 Å². The molecule has 1 heterocycles. The van der Waals surface area contributed by atoms with Crippen molar-refractivity contribution in [1.29, 1.82) is 0 Å². The minimum Gasteiger partial charge on any atom is -0.497 e. The Morgan fingerprint density at radius 3 is 2.46 bits per heavy atom. The monoisotopic (exact) mass is 362 g/mol. The summed E-state index contributed by atoms with van der Waals surface area (Å²) in [7, 11) is 1.61. The number of esters is 1. The van der Waals surface area contributed by atoms with Crippen LogP contribution in [0.15, 0.2) is 24.3 Å². The molecule has 1 aromatic carbocycles. The summed E-state index contributed by atoms with van der Waals surface area (Å²) in [6.07, 6.45) is 3.25. The van der Waals surface area contributed by atoms with Crippen LogP contribution in [0.4, 0.5) is 0 Å². The highest BCUT2D eigenvalue weighted by Gasteiger charge is 2.30. The Hall–Kier alpha value is -2.08. The molecule has 1 saturated heterocycles. The third kappa shape index (κ3) is 6.33. The molecule has 0 radical (unpaired) electrons. The molecule has 6 nitrogen and oxygen atoms in total. The van der Waals surface area contributed by atoms with Gasteiger partial charge in [0.25, 0.3) is 0 Å². The number of carbonyl (C=O) groups excluding carboxylic acids is 2. The van der Waals surface area contributed by atoms with Crippen LogP contribution in [0.5, 0.6) is 5.75 Å². The molecule has 0 aliphatic carbocycles. The van der Waals surface area contributed by atoms with Crippen LogP contribution < -0.4 is 15.4 Å². The van der Waals surface area contributed by atoms with Crippen LogP contribution >= 0.6 is 0 Å². The first-order valence-electron chi connectivity index (χ1n) is 9.18. The summed E-state index contributed by atoms with van der Waals surface area (Å²) in [5.74, 6) is 0.185. The molecule has 0 saturated carbocycles. The summed E-state index contributed by atoms with van der Waals surface area (Å²) in [5.41, 5.74) is 0.321. The number of methoxy groups -OCH3 is 1. The Morgan fingerprint density at radius 1 is 1.23 bits per heavy atom. The van der Waals surface area contributed by atoms with Crippen molar-refractivity contribution >= 4 is 11.9 Å². The zero-order valence-electron chi connectivity index (χ0n) is 16.1. The number of amides is 1. The van der Waals surface area contributed by atoms with Crippen molar-refractivity contribution in [2.24, 2.45) is 0 Å². The van der Waals surface area contributed by atoms with Gasteiger partial charge in [0.15, 0.2) is 0 Å². The molecule has 144 valence electrons. The Bertz CT molecular complexity index is 601. The normalized spacial score (nSPS) is 18.7. The molecule has 0 spiro atoms. The van der Waals surface area contributed by atoms with Gasteiger partial charge in [-0.1, -0.05) is 18.6 Å². The van der Waals surface area contributed by atoms with E-state index in [2.05, 4.69) is 10.6 Å². The van der Waals surface area contributed by atoms with Crippen LogP contribution in [0.3, 0.4) is 0 Å². The SMILES string of the molecule is COc1ccc(CC(NC(=O)C2CCCCN2)C(=O)OC(C)(C)C)cc1. The maximum Gasteiger partial charge on any atom is 0.329 e. The maximum atomic E-state index is 12.6. The van der Waals surface area contributed by atoms with Crippen molar-refractivity contribution < 1.29 is 19.1 Å². The van der Waals surface area contributed by atoms with Gasteiger partial charge in [0.1, 0.15) is 17.4 Å². The Balaban J connectivity index is 2.09. The number of hydrogen-bond donors (Lipinski definition) is 2. The average Bonchev–Trinajstić information content (AvgIpc) is 2.61. The van der Waals surface area contributed by atoms with E-state index in [4.69, 9.17) is 9.47 Å². The number of carbonyl (C=O) groups is 2. The standard InChI is InChI=1S/C20H30N2O4/c1-20(2,3)26-19(24)17(13-14-8-10-15(25-4)11-9-14)22-18(23)16-7-5-6-12-21-16/h8-11,16-17,21H,5-7,12-13H2,1-4H3,(H,22,23).